The average Bonchev–Trinajstić information content (AvgIpc) is 2.56. The van der Waals surface area contributed by atoms with Gasteiger partial charge < -0.3 is 10.2 Å². The summed E-state index contributed by atoms with van der Waals surface area (Å²) in [5, 5.41) is 3.01. The van der Waals surface area contributed by atoms with Crippen molar-refractivity contribution in [2.75, 3.05) is 16.8 Å². The van der Waals surface area contributed by atoms with Gasteiger partial charge in [-0.3, -0.25) is 9.59 Å². The molecule has 0 spiro atoms. The van der Waals surface area contributed by atoms with Gasteiger partial charge in [0.2, 0.25) is 11.8 Å². The van der Waals surface area contributed by atoms with Crippen molar-refractivity contribution in [3.8, 4) is 0 Å². The molecule has 0 heterocycles. The highest BCUT2D eigenvalue weighted by Gasteiger charge is 2.18. The Bertz CT molecular complexity index is 825. The van der Waals surface area contributed by atoms with Crippen LogP contribution in [-0.2, 0) is 9.59 Å². The maximum atomic E-state index is 12.7. The lowest BCUT2D eigenvalue weighted by molar-refractivity contribution is -0.120. The summed E-state index contributed by atoms with van der Waals surface area (Å²) in [4.78, 5) is 26.3. The molecular formula is C22H28N2O2. The van der Waals surface area contributed by atoms with Gasteiger partial charge in [0.25, 0.3) is 0 Å². The zero-order valence-electron chi connectivity index (χ0n) is 16.5. The highest BCUT2D eigenvalue weighted by Crippen LogP contribution is 2.27. The van der Waals surface area contributed by atoms with E-state index in [0.29, 0.717) is 5.92 Å². The Kier molecular flexibility index (Phi) is 6.19. The summed E-state index contributed by atoms with van der Waals surface area (Å²) in [6, 6.07) is 11.8. The van der Waals surface area contributed by atoms with Gasteiger partial charge in [0.15, 0.2) is 0 Å². The van der Waals surface area contributed by atoms with Crippen molar-refractivity contribution >= 4 is 23.2 Å². The predicted octanol–water partition coefficient (Wildman–Crippen LogP) is 4.73. The van der Waals surface area contributed by atoms with Crippen LogP contribution in [-0.4, -0.2) is 18.4 Å². The first-order valence-corrected chi connectivity index (χ1v) is 8.95. The van der Waals surface area contributed by atoms with Gasteiger partial charge in [0, 0.05) is 18.3 Å². The molecule has 0 saturated carbocycles. The monoisotopic (exact) mass is 352 g/mol. The van der Waals surface area contributed by atoms with Crippen molar-refractivity contribution in [2.24, 2.45) is 0 Å². The van der Waals surface area contributed by atoms with E-state index in [1.165, 1.54) is 11.8 Å². The van der Waals surface area contributed by atoms with Crippen LogP contribution < -0.4 is 10.2 Å². The summed E-state index contributed by atoms with van der Waals surface area (Å²) in [5.74, 6) is -0.0549. The van der Waals surface area contributed by atoms with Crippen molar-refractivity contribution in [3.05, 3.63) is 58.7 Å². The minimum atomic E-state index is -0.199. The number of anilines is 2. The van der Waals surface area contributed by atoms with Crippen molar-refractivity contribution in [1.29, 1.82) is 0 Å². The van der Waals surface area contributed by atoms with Gasteiger partial charge in [-0.2, -0.15) is 0 Å². The molecule has 0 atom stereocenters. The van der Waals surface area contributed by atoms with Crippen LogP contribution in [0, 0.1) is 20.8 Å². The van der Waals surface area contributed by atoms with Crippen molar-refractivity contribution < 1.29 is 9.59 Å². The van der Waals surface area contributed by atoms with Gasteiger partial charge in [-0.05, 0) is 61.1 Å². The van der Waals surface area contributed by atoms with Gasteiger partial charge >= 0.3 is 0 Å². The van der Waals surface area contributed by atoms with E-state index in [1.54, 1.807) is 0 Å². The summed E-state index contributed by atoms with van der Waals surface area (Å²) >= 11 is 0. The highest BCUT2D eigenvalue weighted by molar-refractivity contribution is 6.02. The molecule has 2 rings (SSSR count). The zero-order chi connectivity index (χ0) is 19.4. The third-order valence-corrected chi connectivity index (χ3v) is 4.68. The Morgan fingerprint density at radius 2 is 1.69 bits per heavy atom. The molecule has 0 bridgehead atoms. The first kappa shape index (κ1) is 19.7. The highest BCUT2D eigenvalue weighted by atomic mass is 16.2. The van der Waals surface area contributed by atoms with E-state index in [2.05, 4.69) is 19.2 Å². The summed E-state index contributed by atoms with van der Waals surface area (Å²) in [6.07, 6.45) is 0. The van der Waals surface area contributed by atoms with Gasteiger partial charge in [0.05, 0.1) is 0 Å². The fourth-order valence-corrected chi connectivity index (χ4v) is 2.94. The largest absolute Gasteiger partial charge is 0.324 e. The van der Waals surface area contributed by atoms with Crippen LogP contribution in [0.3, 0.4) is 0 Å². The molecule has 4 heteroatoms. The molecule has 0 unspecified atom stereocenters. The lowest BCUT2D eigenvalue weighted by atomic mass is 9.98. The molecule has 0 radical (unpaired) electrons. The number of carbonyl (C=O) groups is 2. The van der Waals surface area contributed by atoms with E-state index in [1.807, 2.05) is 57.2 Å². The molecule has 2 aromatic rings. The molecule has 0 aliphatic heterocycles. The second-order valence-corrected chi connectivity index (χ2v) is 7.12. The van der Waals surface area contributed by atoms with Crippen LogP contribution in [0.2, 0.25) is 0 Å². The van der Waals surface area contributed by atoms with E-state index >= 15 is 0 Å². The van der Waals surface area contributed by atoms with Gasteiger partial charge in [-0.1, -0.05) is 38.1 Å². The number of aryl methyl sites for hydroxylation is 3. The topological polar surface area (TPSA) is 49.4 Å². The number of hydrogen-bond donors (Lipinski definition) is 1. The van der Waals surface area contributed by atoms with Crippen LogP contribution in [0.4, 0.5) is 11.4 Å². The maximum absolute atomic E-state index is 12.7. The van der Waals surface area contributed by atoms with Crippen LogP contribution in [0.25, 0.3) is 0 Å². The number of nitrogens with zero attached hydrogens (tertiary/aromatic N) is 1. The number of rotatable bonds is 5. The van der Waals surface area contributed by atoms with Crippen molar-refractivity contribution in [1.82, 2.24) is 0 Å². The molecule has 1 N–H and O–H groups in total. The summed E-state index contributed by atoms with van der Waals surface area (Å²) < 4.78 is 0. The summed E-state index contributed by atoms with van der Waals surface area (Å²) in [7, 11) is 0. The lowest BCUT2D eigenvalue weighted by Crippen LogP contribution is -2.37. The third-order valence-electron chi connectivity index (χ3n) is 4.68. The number of amides is 2. The number of benzene rings is 2. The Hall–Kier alpha value is -2.62. The Morgan fingerprint density at radius 1 is 1.00 bits per heavy atom. The van der Waals surface area contributed by atoms with Gasteiger partial charge in [0.1, 0.15) is 6.54 Å². The van der Waals surface area contributed by atoms with Crippen molar-refractivity contribution in [3.63, 3.8) is 0 Å². The van der Waals surface area contributed by atoms with Crippen molar-refractivity contribution in [2.45, 2.75) is 47.5 Å². The predicted molar refractivity (Wildman–Crippen MR) is 108 cm³/mol. The first-order valence-electron chi connectivity index (χ1n) is 8.95. The quantitative estimate of drug-likeness (QED) is 0.846. The van der Waals surface area contributed by atoms with Gasteiger partial charge in [-0.25, -0.2) is 0 Å². The normalized spacial score (nSPS) is 10.7. The first-order chi connectivity index (χ1) is 12.2. The maximum Gasteiger partial charge on any atom is 0.244 e. The standard InChI is InChI=1S/C22H28N2O2/c1-14(2)20-9-7-8-16(4)22(20)23-21(26)13-24(18(6)25)19-11-10-15(3)17(5)12-19/h7-12,14H,13H2,1-6H3,(H,23,26). The molecule has 0 saturated heterocycles. The second kappa shape index (κ2) is 8.17. The minimum Gasteiger partial charge on any atom is -0.324 e. The molecule has 2 amide bonds. The molecule has 138 valence electrons. The molecule has 0 aliphatic carbocycles. The molecule has 2 aromatic carbocycles. The zero-order valence-corrected chi connectivity index (χ0v) is 16.5. The fraction of sp³-hybridized carbons (Fsp3) is 0.364. The van der Waals surface area contributed by atoms with E-state index < -0.39 is 0 Å². The molecule has 4 nitrogen and oxygen atoms in total. The van der Waals surface area contributed by atoms with E-state index in [4.69, 9.17) is 0 Å². The minimum absolute atomic E-state index is 0.0102. The smallest absolute Gasteiger partial charge is 0.244 e. The van der Waals surface area contributed by atoms with Crippen LogP contribution >= 0.6 is 0 Å². The van der Waals surface area contributed by atoms with Crippen LogP contribution in [0.15, 0.2) is 36.4 Å². The molecule has 0 fully saturated rings. The lowest BCUT2D eigenvalue weighted by Gasteiger charge is -2.23. The molecule has 0 aliphatic rings. The number of carbonyl (C=O) groups excluding carboxylic acids is 2. The number of para-hydroxylation sites is 1. The number of nitrogens with one attached hydrogen (secondary N) is 1. The van der Waals surface area contributed by atoms with Gasteiger partial charge in [-0.15, -0.1) is 0 Å². The van der Waals surface area contributed by atoms with Crippen LogP contribution in [0.5, 0.6) is 0 Å². The fourth-order valence-electron chi connectivity index (χ4n) is 2.94. The Morgan fingerprint density at radius 3 is 2.27 bits per heavy atom. The van der Waals surface area contributed by atoms with E-state index in [-0.39, 0.29) is 18.4 Å². The van der Waals surface area contributed by atoms with Crippen LogP contribution in [0.1, 0.15) is 48.9 Å². The summed E-state index contributed by atoms with van der Waals surface area (Å²) in [5.41, 5.74) is 5.95. The van der Waals surface area contributed by atoms with E-state index in [9.17, 15) is 9.59 Å². The molecule has 0 aromatic heterocycles. The SMILES string of the molecule is CC(=O)N(CC(=O)Nc1c(C)cccc1C(C)C)c1ccc(C)c(C)c1. The summed E-state index contributed by atoms with van der Waals surface area (Å²) in [6.45, 7) is 11.7. The average molecular weight is 352 g/mol. The number of hydrogen-bond acceptors (Lipinski definition) is 2. The van der Waals surface area contributed by atoms with E-state index in [0.717, 1.165) is 33.6 Å². The Balaban J connectivity index is 2.24. The Labute approximate surface area is 156 Å². The molecular weight excluding hydrogens is 324 g/mol. The third kappa shape index (κ3) is 4.51. The molecule has 26 heavy (non-hydrogen) atoms. The second-order valence-electron chi connectivity index (χ2n) is 7.12.